The van der Waals surface area contributed by atoms with Crippen LogP contribution < -0.4 is 10.9 Å². The molecule has 5 heteroatoms. The Labute approximate surface area is 159 Å². The number of carbonyl (C=O) groups is 1. The molecule has 140 valence electrons. The lowest BCUT2D eigenvalue weighted by atomic mass is 10.0. The maximum absolute atomic E-state index is 12.5. The summed E-state index contributed by atoms with van der Waals surface area (Å²) in [4.78, 5) is 29.5. The zero-order valence-electron chi connectivity index (χ0n) is 16.0. The third-order valence-corrected chi connectivity index (χ3v) is 4.87. The van der Waals surface area contributed by atoms with Crippen LogP contribution in [0.25, 0.3) is 10.9 Å². The molecule has 0 spiro atoms. The molecule has 27 heavy (non-hydrogen) atoms. The third-order valence-electron chi connectivity index (χ3n) is 4.87. The first-order chi connectivity index (χ1) is 13.0. The van der Waals surface area contributed by atoms with E-state index in [-0.39, 0.29) is 17.5 Å². The highest BCUT2D eigenvalue weighted by atomic mass is 16.1. The molecule has 3 rings (SSSR count). The van der Waals surface area contributed by atoms with Crippen LogP contribution in [0.2, 0.25) is 0 Å². The van der Waals surface area contributed by atoms with Crippen LogP contribution in [0.1, 0.15) is 42.8 Å². The van der Waals surface area contributed by atoms with E-state index in [2.05, 4.69) is 41.5 Å². The number of hydrogen-bond acceptors (Lipinski definition) is 3. The Morgan fingerprint density at radius 3 is 2.56 bits per heavy atom. The lowest BCUT2D eigenvalue weighted by Crippen LogP contribution is -2.29. The van der Waals surface area contributed by atoms with Gasteiger partial charge in [0, 0.05) is 19.9 Å². The van der Waals surface area contributed by atoms with Gasteiger partial charge in [-0.3, -0.25) is 14.2 Å². The number of nitrogens with one attached hydrogen (secondary N) is 1. The van der Waals surface area contributed by atoms with E-state index in [9.17, 15) is 9.59 Å². The first-order valence-electron chi connectivity index (χ1n) is 9.30. The fraction of sp³-hybridized carbons (Fsp3) is 0.318. The summed E-state index contributed by atoms with van der Waals surface area (Å²) in [5.41, 5.74) is 2.89. The number of hydrogen-bond donors (Lipinski definition) is 1. The Balaban J connectivity index is 1.70. The first kappa shape index (κ1) is 18.8. The molecule has 0 bridgehead atoms. The van der Waals surface area contributed by atoms with Crippen molar-refractivity contribution in [3.05, 3.63) is 75.8 Å². The van der Waals surface area contributed by atoms with Crippen molar-refractivity contribution in [1.29, 1.82) is 0 Å². The van der Waals surface area contributed by atoms with E-state index in [0.717, 1.165) is 12.0 Å². The van der Waals surface area contributed by atoms with Gasteiger partial charge >= 0.3 is 0 Å². The van der Waals surface area contributed by atoms with Gasteiger partial charge in [-0.1, -0.05) is 48.9 Å². The van der Waals surface area contributed by atoms with Crippen LogP contribution >= 0.6 is 0 Å². The Bertz CT molecular complexity index is 1010. The molecule has 0 saturated carbocycles. The number of rotatable bonds is 6. The monoisotopic (exact) mass is 363 g/mol. The Hall–Kier alpha value is -2.95. The molecule has 0 aliphatic heterocycles. The topological polar surface area (TPSA) is 64.0 Å². The number of benzene rings is 2. The van der Waals surface area contributed by atoms with Gasteiger partial charge < -0.3 is 5.32 Å². The molecule has 1 amide bonds. The predicted molar refractivity (Wildman–Crippen MR) is 108 cm³/mol. The lowest BCUT2D eigenvalue weighted by Gasteiger charge is -2.18. The van der Waals surface area contributed by atoms with Crippen molar-refractivity contribution in [2.24, 2.45) is 7.05 Å². The van der Waals surface area contributed by atoms with E-state index in [1.54, 1.807) is 13.1 Å². The maximum atomic E-state index is 12.5. The molecule has 3 aromatic rings. The number of fused-ring (bicyclic) bond motifs is 1. The summed E-state index contributed by atoms with van der Waals surface area (Å²) in [7, 11) is 1.70. The molecule has 1 atom stereocenters. The van der Waals surface area contributed by atoms with Gasteiger partial charge in [0.25, 0.3) is 5.56 Å². The van der Waals surface area contributed by atoms with Crippen LogP contribution in [0.15, 0.2) is 53.3 Å². The van der Waals surface area contributed by atoms with E-state index in [4.69, 9.17) is 0 Å². The number of amides is 1. The van der Waals surface area contributed by atoms with Gasteiger partial charge in [0.05, 0.1) is 16.9 Å². The number of aromatic nitrogens is 2. The second-order valence-electron chi connectivity index (χ2n) is 6.85. The van der Waals surface area contributed by atoms with E-state index >= 15 is 0 Å². The fourth-order valence-corrected chi connectivity index (χ4v) is 3.20. The molecule has 1 aromatic heterocycles. The van der Waals surface area contributed by atoms with Crippen LogP contribution in [0.5, 0.6) is 0 Å². The van der Waals surface area contributed by atoms with Crippen molar-refractivity contribution in [3.63, 3.8) is 0 Å². The molecule has 0 radical (unpaired) electrons. The third kappa shape index (κ3) is 4.25. The highest BCUT2D eigenvalue weighted by molar-refractivity contribution is 5.78. The van der Waals surface area contributed by atoms with Gasteiger partial charge in [0.2, 0.25) is 5.91 Å². The Morgan fingerprint density at radius 1 is 1.15 bits per heavy atom. The average Bonchev–Trinajstić information content (AvgIpc) is 2.68. The summed E-state index contributed by atoms with van der Waals surface area (Å²) >= 11 is 0. The number of nitrogens with zero attached hydrogens (tertiary/aromatic N) is 2. The fourth-order valence-electron chi connectivity index (χ4n) is 3.20. The molecule has 2 aromatic carbocycles. The maximum Gasteiger partial charge on any atom is 0.261 e. The average molecular weight is 363 g/mol. The van der Waals surface area contributed by atoms with E-state index in [1.807, 2.05) is 25.1 Å². The Kier molecular flexibility index (Phi) is 5.69. The van der Waals surface area contributed by atoms with Crippen molar-refractivity contribution in [2.75, 3.05) is 0 Å². The second kappa shape index (κ2) is 8.16. The largest absolute Gasteiger partial charge is 0.349 e. The Morgan fingerprint density at radius 2 is 1.85 bits per heavy atom. The van der Waals surface area contributed by atoms with Crippen LogP contribution in [0, 0.1) is 6.92 Å². The van der Waals surface area contributed by atoms with Crippen LogP contribution in [0.4, 0.5) is 0 Å². The minimum Gasteiger partial charge on any atom is -0.349 e. The molecule has 1 N–H and O–H groups in total. The van der Waals surface area contributed by atoms with E-state index in [0.29, 0.717) is 29.6 Å². The smallest absolute Gasteiger partial charge is 0.261 e. The quantitative estimate of drug-likeness (QED) is 0.730. The van der Waals surface area contributed by atoms with Crippen molar-refractivity contribution in [1.82, 2.24) is 14.9 Å². The molecule has 5 nitrogen and oxygen atoms in total. The van der Waals surface area contributed by atoms with Crippen LogP contribution in [0.3, 0.4) is 0 Å². The highest BCUT2D eigenvalue weighted by Gasteiger charge is 2.14. The van der Waals surface area contributed by atoms with Crippen molar-refractivity contribution >= 4 is 16.8 Å². The summed E-state index contributed by atoms with van der Waals surface area (Å²) in [6.07, 6.45) is 1.54. The predicted octanol–water partition coefficient (Wildman–Crippen LogP) is 3.44. The van der Waals surface area contributed by atoms with Gasteiger partial charge in [0.1, 0.15) is 5.82 Å². The van der Waals surface area contributed by atoms with Crippen LogP contribution in [-0.4, -0.2) is 15.5 Å². The summed E-state index contributed by atoms with van der Waals surface area (Å²) in [5.74, 6) is 0.585. The zero-order valence-corrected chi connectivity index (χ0v) is 16.0. The zero-order chi connectivity index (χ0) is 19.4. The molecule has 0 aliphatic rings. The normalized spacial score (nSPS) is 12.1. The molecule has 0 unspecified atom stereocenters. The molecule has 0 aliphatic carbocycles. The van der Waals surface area contributed by atoms with Gasteiger partial charge in [0.15, 0.2) is 0 Å². The number of para-hydroxylation sites is 1. The molecule has 1 heterocycles. The van der Waals surface area contributed by atoms with Gasteiger partial charge in [-0.2, -0.15) is 0 Å². The van der Waals surface area contributed by atoms with Gasteiger partial charge in [-0.25, -0.2) is 4.98 Å². The van der Waals surface area contributed by atoms with Crippen molar-refractivity contribution in [3.8, 4) is 0 Å². The molecule has 0 fully saturated rings. The van der Waals surface area contributed by atoms with E-state index in [1.165, 1.54) is 10.1 Å². The van der Waals surface area contributed by atoms with Gasteiger partial charge in [-0.15, -0.1) is 0 Å². The highest BCUT2D eigenvalue weighted by Crippen LogP contribution is 2.17. The van der Waals surface area contributed by atoms with Crippen molar-refractivity contribution < 1.29 is 4.79 Å². The summed E-state index contributed by atoms with van der Waals surface area (Å²) < 4.78 is 1.53. The minimum absolute atomic E-state index is 0.00789. The summed E-state index contributed by atoms with van der Waals surface area (Å²) in [6, 6.07) is 15.5. The lowest BCUT2D eigenvalue weighted by molar-refractivity contribution is -0.121. The number of carbonyl (C=O) groups excluding carboxylic acids is 1. The first-order valence-corrected chi connectivity index (χ1v) is 9.30. The summed E-state index contributed by atoms with van der Waals surface area (Å²) in [5, 5.41) is 3.69. The standard InChI is InChI=1S/C22H25N3O2/c1-4-18(16-11-9-15(2)10-12-16)24-21(26)14-13-20-23-19-8-6-5-7-17(19)22(27)25(20)3/h5-12,18H,4,13-14H2,1-3H3,(H,24,26)/t18-/m0/s1. The van der Waals surface area contributed by atoms with Crippen molar-refractivity contribution in [2.45, 2.75) is 39.2 Å². The SMILES string of the molecule is CC[C@H](NC(=O)CCc1nc2ccccc2c(=O)n1C)c1ccc(C)cc1. The second-order valence-corrected chi connectivity index (χ2v) is 6.85. The minimum atomic E-state index is -0.0814. The molecular weight excluding hydrogens is 338 g/mol. The number of aryl methyl sites for hydroxylation is 2. The molecule has 0 saturated heterocycles. The molecular formula is C22H25N3O2. The van der Waals surface area contributed by atoms with Gasteiger partial charge in [-0.05, 0) is 31.0 Å². The van der Waals surface area contributed by atoms with Crippen LogP contribution in [-0.2, 0) is 18.3 Å². The van der Waals surface area contributed by atoms with E-state index < -0.39 is 0 Å². The summed E-state index contributed by atoms with van der Waals surface area (Å²) in [6.45, 7) is 4.10.